The van der Waals surface area contributed by atoms with Gasteiger partial charge < -0.3 is 9.15 Å². The minimum absolute atomic E-state index is 0.113. The third-order valence-corrected chi connectivity index (χ3v) is 4.29. The number of fused-ring (bicyclic) bond motifs is 1. The first-order valence-corrected chi connectivity index (χ1v) is 7.47. The summed E-state index contributed by atoms with van der Waals surface area (Å²) in [6, 6.07) is 7.09. The van der Waals surface area contributed by atoms with Gasteiger partial charge in [0.2, 0.25) is 10.0 Å². The van der Waals surface area contributed by atoms with Gasteiger partial charge in [0.1, 0.15) is 5.58 Å². The minimum Gasteiger partial charge on any atom is -0.423 e. The number of sulfonamides is 1. The number of methoxy groups -OCH3 is 1. The lowest BCUT2D eigenvalue weighted by Gasteiger charge is -2.11. The first kappa shape index (κ1) is 14.7. The number of hydrogen-bond donors (Lipinski definition) is 1. The van der Waals surface area contributed by atoms with Gasteiger partial charge in [0.05, 0.1) is 11.0 Å². The summed E-state index contributed by atoms with van der Waals surface area (Å²) in [5.41, 5.74) is -0.123. The Kier molecular flexibility index (Phi) is 4.22. The molecule has 0 aliphatic heterocycles. The number of hydrogen-bond acceptors (Lipinski definition) is 5. The van der Waals surface area contributed by atoms with E-state index in [-0.39, 0.29) is 17.5 Å². The van der Waals surface area contributed by atoms with E-state index in [4.69, 9.17) is 9.15 Å². The highest BCUT2D eigenvalue weighted by Crippen LogP contribution is 2.17. The lowest BCUT2D eigenvalue weighted by Crippen LogP contribution is -2.31. The van der Waals surface area contributed by atoms with E-state index < -0.39 is 15.6 Å². The molecule has 0 saturated carbocycles. The molecule has 0 fully saturated rings. The maximum atomic E-state index is 12.1. The third kappa shape index (κ3) is 3.24. The maximum absolute atomic E-state index is 12.1. The van der Waals surface area contributed by atoms with E-state index in [1.165, 1.54) is 37.4 Å². The van der Waals surface area contributed by atoms with Crippen LogP contribution < -0.4 is 10.3 Å². The molecule has 0 aliphatic rings. The van der Waals surface area contributed by atoms with Gasteiger partial charge in [-0.3, -0.25) is 0 Å². The van der Waals surface area contributed by atoms with Crippen LogP contribution in [0.1, 0.15) is 6.92 Å². The van der Waals surface area contributed by atoms with Crippen LogP contribution in [-0.4, -0.2) is 28.2 Å². The lowest BCUT2D eigenvalue weighted by atomic mass is 10.2. The smallest absolute Gasteiger partial charge is 0.336 e. The number of benzene rings is 1. The van der Waals surface area contributed by atoms with Gasteiger partial charge in [-0.1, -0.05) is 0 Å². The lowest BCUT2D eigenvalue weighted by molar-refractivity contribution is 0.122. The molecule has 7 heteroatoms. The molecule has 0 amide bonds. The summed E-state index contributed by atoms with van der Waals surface area (Å²) >= 11 is 0. The molecular weight excluding hydrogens is 282 g/mol. The second-order valence-corrected chi connectivity index (χ2v) is 6.12. The Balaban J connectivity index is 2.32. The quantitative estimate of drug-likeness (QED) is 0.835. The second-order valence-electron chi connectivity index (χ2n) is 4.35. The molecule has 20 heavy (non-hydrogen) atoms. The fraction of sp³-hybridized carbons (Fsp3) is 0.308. The summed E-state index contributed by atoms with van der Waals surface area (Å²) in [6.45, 7) is 1.94. The van der Waals surface area contributed by atoms with Crippen LogP contribution in [0.5, 0.6) is 0 Å². The van der Waals surface area contributed by atoms with Gasteiger partial charge in [-0.05, 0) is 31.2 Å². The fourth-order valence-electron chi connectivity index (χ4n) is 1.61. The number of rotatable bonds is 5. The van der Waals surface area contributed by atoms with E-state index in [1.54, 1.807) is 6.92 Å². The predicted octanol–water partition coefficient (Wildman–Crippen LogP) is 1.11. The topological polar surface area (TPSA) is 85.6 Å². The average Bonchev–Trinajstić information content (AvgIpc) is 2.44. The summed E-state index contributed by atoms with van der Waals surface area (Å²) in [6.07, 6.45) is -0.219. The van der Waals surface area contributed by atoms with Crippen molar-refractivity contribution >= 4 is 21.0 Å². The van der Waals surface area contributed by atoms with Gasteiger partial charge >= 0.3 is 5.63 Å². The van der Waals surface area contributed by atoms with Crippen LogP contribution in [-0.2, 0) is 14.8 Å². The number of nitrogens with one attached hydrogen (secondary N) is 1. The Morgan fingerprint density at radius 1 is 1.30 bits per heavy atom. The van der Waals surface area contributed by atoms with E-state index in [1.807, 2.05) is 0 Å². The van der Waals surface area contributed by atoms with Crippen molar-refractivity contribution in [3.8, 4) is 0 Å². The summed E-state index contributed by atoms with van der Waals surface area (Å²) in [4.78, 5) is 11.2. The van der Waals surface area contributed by atoms with E-state index >= 15 is 0 Å². The van der Waals surface area contributed by atoms with Crippen molar-refractivity contribution in [1.29, 1.82) is 0 Å². The molecule has 108 valence electrons. The van der Waals surface area contributed by atoms with Gasteiger partial charge in [-0.2, -0.15) is 0 Å². The molecule has 1 N–H and O–H groups in total. The highest BCUT2D eigenvalue weighted by molar-refractivity contribution is 7.89. The van der Waals surface area contributed by atoms with Gasteiger partial charge in [-0.15, -0.1) is 0 Å². The van der Waals surface area contributed by atoms with Crippen LogP contribution in [0, 0.1) is 0 Å². The normalized spacial score (nSPS) is 13.5. The van der Waals surface area contributed by atoms with Gasteiger partial charge in [0, 0.05) is 25.1 Å². The highest BCUT2D eigenvalue weighted by Gasteiger charge is 2.15. The molecule has 1 heterocycles. The Labute approximate surface area is 116 Å². The average molecular weight is 297 g/mol. The van der Waals surface area contributed by atoms with Crippen molar-refractivity contribution in [2.75, 3.05) is 13.7 Å². The summed E-state index contributed by atoms with van der Waals surface area (Å²) < 4.78 is 36.6. The standard InChI is InChI=1S/C13H15NO5S/c1-9(18-2)8-14-20(16,17)11-4-5-12-10(7-11)3-6-13(15)19-12/h3-7,9,14H,8H2,1-2H3. The van der Waals surface area contributed by atoms with Crippen LogP contribution in [0.4, 0.5) is 0 Å². The van der Waals surface area contributed by atoms with E-state index in [0.717, 1.165) is 0 Å². The molecule has 0 radical (unpaired) electrons. The van der Waals surface area contributed by atoms with Crippen LogP contribution in [0.25, 0.3) is 11.0 Å². The summed E-state index contributed by atoms with van der Waals surface area (Å²) in [7, 11) is -2.11. The van der Waals surface area contributed by atoms with Crippen molar-refractivity contribution in [1.82, 2.24) is 4.72 Å². The zero-order valence-electron chi connectivity index (χ0n) is 11.1. The summed E-state index contributed by atoms with van der Waals surface area (Å²) in [5, 5.41) is 0.548. The van der Waals surface area contributed by atoms with Crippen molar-refractivity contribution < 1.29 is 17.6 Å². The molecule has 0 saturated heterocycles. The molecule has 2 rings (SSSR count). The Morgan fingerprint density at radius 3 is 2.75 bits per heavy atom. The highest BCUT2D eigenvalue weighted by atomic mass is 32.2. The van der Waals surface area contributed by atoms with Crippen molar-refractivity contribution in [2.45, 2.75) is 17.9 Å². The van der Waals surface area contributed by atoms with Crippen LogP contribution in [0.2, 0.25) is 0 Å². The molecule has 1 atom stereocenters. The fourth-order valence-corrected chi connectivity index (χ4v) is 2.76. The van der Waals surface area contributed by atoms with E-state index in [2.05, 4.69) is 4.72 Å². The monoisotopic (exact) mass is 297 g/mol. The predicted molar refractivity (Wildman–Crippen MR) is 74.1 cm³/mol. The van der Waals surface area contributed by atoms with Gasteiger partial charge in [-0.25, -0.2) is 17.9 Å². The molecule has 0 spiro atoms. The Morgan fingerprint density at radius 2 is 2.05 bits per heavy atom. The minimum atomic E-state index is -3.62. The maximum Gasteiger partial charge on any atom is 0.336 e. The largest absolute Gasteiger partial charge is 0.423 e. The van der Waals surface area contributed by atoms with Gasteiger partial charge in [0.15, 0.2) is 0 Å². The molecule has 2 aromatic rings. The molecule has 0 bridgehead atoms. The molecule has 6 nitrogen and oxygen atoms in total. The number of ether oxygens (including phenoxy) is 1. The van der Waals surface area contributed by atoms with E-state index in [0.29, 0.717) is 11.0 Å². The Bertz CT molecular complexity index is 766. The molecule has 1 aromatic heterocycles. The van der Waals surface area contributed by atoms with Crippen molar-refractivity contribution in [2.24, 2.45) is 0 Å². The van der Waals surface area contributed by atoms with Crippen molar-refractivity contribution in [3.63, 3.8) is 0 Å². The molecule has 1 unspecified atom stereocenters. The van der Waals surface area contributed by atoms with Crippen LogP contribution in [0.15, 0.2) is 44.4 Å². The van der Waals surface area contributed by atoms with Crippen molar-refractivity contribution in [3.05, 3.63) is 40.8 Å². The molecule has 1 aromatic carbocycles. The molecule has 0 aliphatic carbocycles. The van der Waals surface area contributed by atoms with Gasteiger partial charge in [0.25, 0.3) is 0 Å². The zero-order chi connectivity index (χ0) is 14.8. The first-order chi connectivity index (χ1) is 9.42. The van der Waals surface area contributed by atoms with Crippen LogP contribution >= 0.6 is 0 Å². The van der Waals surface area contributed by atoms with E-state index in [9.17, 15) is 13.2 Å². The Hall–Kier alpha value is -1.70. The zero-order valence-corrected chi connectivity index (χ0v) is 11.9. The first-order valence-electron chi connectivity index (χ1n) is 5.99. The molecular formula is C13H15NO5S. The third-order valence-electron chi connectivity index (χ3n) is 2.86. The summed E-state index contributed by atoms with van der Waals surface area (Å²) in [5.74, 6) is 0. The van der Waals surface area contributed by atoms with Crippen LogP contribution in [0.3, 0.4) is 0 Å². The second kappa shape index (κ2) is 5.74. The SMILES string of the molecule is COC(C)CNS(=O)(=O)c1ccc2oc(=O)ccc2c1.